The Morgan fingerprint density at radius 2 is 1.77 bits per heavy atom. The van der Waals surface area contributed by atoms with Gasteiger partial charge in [0.05, 0.1) is 0 Å². The Morgan fingerprint density at radius 1 is 1.00 bits per heavy atom. The highest BCUT2D eigenvalue weighted by Gasteiger charge is 2.22. The molecule has 1 saturated heterocycles. The van der Waals surface area contributed by atoms with Crippen molar-refractivity contribution in [3.8, 4) is 0 Å². The van der Waals surface area contributed by atoms with Crippen LogP contribution in [0.25, 0.3) is 0 Å². The first-order valence-corrected chi connectivity index (χ1v) is 5.81. The lowest BCUT2D eigenvalue weighted by Crippen LogP contribution is -2.41. The van der Waals surface area contributed by atoms with Crippen molar-refractivity contribution in [2.45, 2.75) is 51.1 Å². The lowest BCUT2D eigenvalue weighted by molar-refractivity contribution is 0.290. The molecule has 2 N–H and O–H groups in total. The number of hydrogen-bond acceptors (Lipinski definition) is 2. The van der Waals surface area contributed by atoms with E-state index >= 15 is 0 Å². The fourth-order valence-corrected chi connectivity index (χ4v) is 2.56. The van der Waals surface area contributed by atoms with Gasteiger partial charge in [-0.05, 0) is 44.6 Å². The molecule has 0 amide bonds. The molecule has 1 aliphatic carbocycles. The molecule has 0 radical (unpaired) electrons. The fraction of sp³-hybridized carbons (Fsp3) is 1.00. The van der Waals surface area contributed by atoms with Crippen molar-refractivity contribution < 1.29 is 0 Å². The normalized spacial score (nSPS) is 40.8. The molecule has 1 saturated carbocycles. The molecule has 0 aromatic carbocycles. The summed E-state index contributed by atoms with van der Waals surface area (Å²) >= 11 is 0. The molecule has 1 heterocycles. The molecule has 2 rings (SSSR count). The van der Waals surface area contributed by atoms with Crippen LogP contribution in [0.15, 0.2) is 0 Å². The highest BCUT2D eigenvalue weighted by molar-refractivity contribution is 4.83. The predicted octanol–water partition coefficient (Wildman–Crippen LogP) is 1.52. The standard InChI is InChI=1S/C11H22N2/c1-9-2-4-10(5-3-9)13-11-6-7-12-8-11/h9-13H,2-8H2,1H3. The Kier molecular flexibility index (Phi) is 3.23. The third kappa shape index (κ3) is 2.68. The van der Waals surface area contributed by atoms with Gasteiger partial charge < -0.3 is 10.6 Å². The third-order valence-electron chi connectivity index (χ3n) is 3.55. The molecule has 1 atom stereocenters. The first kappa shape index (κ1) is 9.47. The van der Waals surface area contributed by atoms with E-state index in [-0.39, 0.29) is 0 Å². The average Bonchev–Trinajstić information content (AvgIpc) is 2.62. The van der Waals surface area contributed by atoms with Gasteiger partial charge in [0, 0.05) is 18.6 Å². The van der Waals surface area contributed by atoms with E-state index < -0.39 is 0 Å². The summed E-state index contributed by atoms with van der Waals surface area (Å²) in [4.78, 5) is 0. The second kappa shape index (κ2) is 4.43. The Bertz CT molecular complexity index is 144. The Morgan fingerprint density at radius 3 is 2.38 bits per heavy atom. The Balaban J connectivity index is 1.69. The fourth-order valence-electron chi connectivity index (χ4n) is 2.56. The SMILES string of the molecule is CC1CCC(NC2CCNC2)CC1. The van der Waals surface area contributed by atoms with Crippen molar-refractivity contribution in [1.82, 2.24) is 10.6 Å². The van der Waals surface area contributed by atoms with Gasteiger partial charge in [0.15, 0.2) is 0 Å². The van der Waals surface area contributed by atoms with E-state index in [4.69, 9.17) is 0 Å². The predicted molar refractivity (Wildman–Crippen MR) is 55.8 cm³/mol. The zero-order valence-electron chi connectivity index (χ0n) is 8.68. The monoisotopic (exact) mass is 182 g/mol. The second-order valence-corrected chi connectivity index (χ2v) is 4.81. The zero-order valence-corrected chi connectivity index (χ0v) is 8.68. The smallest absolute Gasteiger partial charge is 0.0207 e. The average molecular weight is 182 g/mol. The topological polar surface area (TPSA) is 24.1 Å². The van der Waals surface area contributed by atoms with Gasteiger partial charge in [-0.3, -0.25) is 0 Å². The summed E-state index contributed by atoms with van der Waals surface area (Å²) in [6.45, 7) is 4.78. The van der Waals surface area contributed by atoms with Crippen molar-refractivity contribution >= 4 is 0 Å². The van der Waals surface area contributed by atoms with Crippen LogP contribution >= 0.6 is 0 Å². The van der Waals surface area contributed by atoms with Crippen LogP contribution in [-0.2, 0) is 0 Å². The van der Waals surface area contributed by atoms with Gasteiger partial charge in [-0.2, -0.15) is 0 Å². The van der Waals surface area contributed by atoms with Gasteiger partial charge in [0.25, 0.3) is 0 Å². The quantitative estimate of drug-likeness (QED) is 0.676. The summed E-state index contributed by atoms with van der Waals surface area (Å²) < 4.78 is 0. The van der Waals surface area contributed by atoms with Crippen molar-refractivity contribution in [1.29, 1.82) is 0 Å². The first-order chi connectivity index (χ1) is 6.34. The van der Waals surface area contributed by atoms with Crippen LogP contribution < -0.4 is 10.6 Å². The minimum absolute atomic E-state index is 0.762. The molecule has 0 bridgehead atoms. The molecule has 2 nitrogen and oxygen atoms in total. The van der Waals surface area contributed by atoms with Crippen LogP contribution in [0.3, 0.4) is 0 Å². The van der Waals surface area contributed by atoms with Gasteiger partial charge in [0.2, 0.25) is 0 Å². The Labute approximate surface area is 81.5 Å². The van der Waals surface area contributed by atoms with Crippen molar-refractivity contribution in [2.24, 2.45) is 5.92 Å². The minimum atomic E-state index is 0.762. The lowest BCUT2D eigenvalue weighted by Gasteiger charge is -2.29. The second-order valence-electron chi connectivity index (χ2n) is 4.81. The molecule has 1 unspecified atom stereocenters. The van der Waals surface area contributed by atoms with E-state index in [1.54, 1.807) is 0 Å². The van der Waals surface area contributed by atoms with Crippen LogP contribution in [0.5, 0.6) is 0 Å². The van der Waals surface area contributed by atoms with E-state index in [1.807, 2.05) is 0 Å². The molecule has 0 aromatic heterocycles. The Hall–Kier alpha value is -0.0800. The molecule has 0 spiro atoms. The third-order valence-corrected chi connectivity index (χ3v) is 3.55. The number of rotatable bonds is 2. The summed E-state index contributed by atoms with van der Waals surface area (Å²) in [5, 5.41) is 7.18. The molecule has 2 heteroatoms. The van der Waals surface area contributed by atoms with Gasteiger partial charge in [-0.25, -0.2) is 0 Å². The van der Waals surface area contributed by atoms with E-state index in [0.29, 0.717) is 0 Å². The summed E-state index contributed by atoms with van der Waals surface area (Å²) in [6, 6.07) is 1.58. The van der Waals surface area contributed by atoms with Crippen molar-refractivity contribution in [3.05, 3.63) is 0 Å². The highest BCUT2D eigenvalue weighted by Crippen LogP contribution is 2.23. The van der Waals surface area contributed by atoms with Crippen LogP contribution in [0, 0.1) is 5.92 Å². The van der Waals surface area contributed by atoms with Crippen LogP contribution in [-0.4, -0.2) is 25.2 Å². The lowest BCUT2D eigenvalue weighted by atomic mass is 9.87. The molecular formula is C11H22N2. The van der Waals surface area contributed by atoms with E-state index in [1.165, 1.54) is 45.2 Å². The minimum Gasteiger partial charge on any atom is -0.315 e. The van der Waals surface area contributed by atoms with Crippen LogP contribution in [0.2, 0.25) is 0 Å². The molecule has 0 aromatic rings. The maximum Gasteiger partial charge on any atom is 0.0207 e. The molecule has 2 aliphatic rings. The van der Waals surface area contributed by atoms with Gasteiger partial charge in [0.1, 0.15) is 0 Å². The maximum absolute atomic E-state index is 3.78. The van der Waals surface area contributed by atoms with Gasteiger partial charge >= 0.3 is 0 Å². The van der Waals surface area contributed by atoms with Crippen LogP contribution in [0.4, 0.5) is 0 Å². The van der Waals surface area contributed by atoms with Gasteiger partial charge in [-0.1, -0.05) is 6.92 Å². The summed E-state index contributed by atoms with van der Waals surface area (Å²) in [7, 11) is 0. The first-order valence-electron chi connectivity index (χ1n) is 5.81. The van der Waals surface area contributed by atoms with Crippen molar-refractivity contribution in [2.75, 3.05) is 13.1 Å². The summed E-state index contributed by atoms with van der Waals surface area (Å²) in [5.74, 6) is 0.972. The number of nitrogens with one attached hydrogen (secondary N) is 2. The summed E-state index contributed by atoms with van der Waals surface area (Å²) in [5.41, 5.74) is 0. The van der Waals surface area contributed by atoms with E-state index in [9.17, 15) is 0 Å². The zero-order chi connectivity index (χ0) is 9.10. The maximum atomic E-state index is 3.78. The molecule has 13 heavy (non-hydrogen) atoms. The molecule has 2 fully saturated rings. The van der Waals surface area contributed by atoms with E-state index in [2.05, 4.69) is 17.6 Å². The largest absolute Gasteiger partial charge is 0.315 e. The van der Waals surface area contributed by atoms with E-state index in [0.717, 1.165) is 18.0 Å². The van der Waals surface area contributed by atoms with Crippen molar-refractivity contribution in [3.63, 3.8) is 0 Å². The number of hydrogen-bond donors (Lipinski definition) is 2. The summed E-state index contributed by atoms with van der Waals surface area (Å²) in [6.07, 6.45) is 6.98. The van der Waals surface area contributed by atoms with Gasteiger partial charge in [-0.15, -0.1) is 0 Å². The molecule has 1 aliphatic heterocycles. The highest BCUT2D eigenvalue weighted by atomic mass is 15.0. The molecule has 76 valence electrons. The van der Waals surface area contributed by atoms with Crippen LogP contribution in [0.1, 0.15) is 39.0 Å². The molecular weight excluding hydrogens is 160 g/mol.